The molecule has 142 valence electrons. The first-order valence-electron chi connectivity index (χ1n) is 8.26. The second kappa shape index (κ2) is 6.97. The van der Waals surface area contributed by atoms with E-state index in [4.69, 9.17) is 4.74 Å². The van der Waals surface area contributed by atoms with Crippen molar-refractivity contribution in [1.82, 2.24) is 14.9 Å². The minimum atomic E-state index is -0.611. The first-order valence-corrected chi connectivity index (χ1v) is 9.21. The summed E-state index contributed by atoms with van der Waals surface area (Å²) in [6, 6.07) is 5.74. The summed E-state index contributed by atoms with van der Waals surface area (Å²) in [4.78, 5) is 43.5. The number of nitro benzene ring substituents is 1. The molecule has 0 radical (unpaired) electrons. The Morgan fingerprint density at radius 2 is 2.14 bits per heavy atom. The van der Waals surface area contributed by atoms with Crippen LogP contribution in [0.25, 0.3) is 5.57 Å². The number of fused-ring (bicyclic) bond motifs is 1. The van der Waals surface area contributed by atoms with Crippen LogP contribution in [0.15, 0.2) is 53.5 Å². The third kappa shape index (κ3) is 2.97. The van der Waals surface area contributed by atoms with Gasteiger partial charge in [-0.05, 0) is 30.2 Å². The second-order valence-corrected chi connectivity index (χ2v) is 7.12. The van der Waals surface area contributed by atoms with Gasteiger partial charge in [0.15, 0.2) is 0 Å². The molecule has 1 saturated heterocycles. The van der Waals surface area contributed by atoms with Crippen LogP contribution in [0.1, 0.15) is 18.2 Å². The molecule has 0 unspecified atom stereocenters. The Morgan fingerprint density at radius 3 is 2.79 bits per heavy atom. The van der Waals surface area contributed by atoms with E-state index in [0.29, 0.717) is 11.1 Å². The predicted octanol–water partition coefficient (Wildman–Crippen LogP) is 2.59. The molecule has 3 heterocycles. The largest absolute Gasteiger partial charge is 0.456 e. The van der Waals surface area contributed by atoms with Gasteiger partial charge in [0.25, 0.3) is 11.6 Å². The highest BCUT2D eigenvalue weighted by atomic mass is 32.2. The molecule has 1 atom stereocenters. The van der Waals surface area contributed by atoms with Gasteiger partial charge in [-0.2, -0.15) is 0 Å². The number of hydrogen-bond acceptors (Lipinski definition) is 7. The number of amides is 1. The van der Waals surface area contributed by atoms with Crippen molar-refractivity contribution in [1.29, 1.82) is 0 Å². The molecule has 10 heteroatoms. The lowest BCUT2D eigenvalue weighted by molar-refractivity contribution is -0.384. The van der Waals surface area contributed by atoms with Gasteiger partial charge in [0, 0.05) is 17.5 Å². The van der Waals surface area contributed by atoms with Gasteiger partial charge in [-0.3, -0.25) is 19.8 Å². The maximum Gasteiger partial charge on any atom is 0.355 e. The molecular formula is C18H14N4O5S. The average molecular weight is 398 g/mol. The molecule has 1 N–H and O–H groups in total. The molecule has 9 nitrogen and oxygen atoms in total. The number of non-ortho nitro benzene ring substituents is 1. The van der Waals surface area contributed by atoms with E-state index in [1.54, 1.807) is 17.9 Å². The topological polar surface area (TPSA) is 118 Å². The number of β-lactam (4-membered cyclic amide) rings is 1. The first kappa shape index (κ1) is 18.0. The molecule has 1 aromatic heterocycles. The Kier molecular flexibility index (Phi) is 4.47. The maximum atomic E-state index is 12.6. The predicted molar refractivity (Wildman–Crippen MR) is 100 cm³/mol. The Labute approximate surface area is 163 Å². The number of nitrogens with zero attached hydrogens (tertiary/aromatic N) is 3. The lowest BCUT2D eigenvalue weighted by atomic mass is 9.97. The van der Waals surface area contributed by atoms with Crippen molar-refractivity contribution >= 4 is 34.9 Å². The summed E-state index contributed by atoms with van der Waals surface area (Å²) in [5.41, 5.74) is 2.97. The zero-order valence-corrected chi connectivity index (χ0v) is 15.4. The van der Waals surface area contributed by atoms with Crippen LogP contribution in [0.2, 0.25) is 0 Å². The molecule has 1 fully saturated rings. The van der Waals surface area contributed by atoms with Crippen LogP contribution in [-0.4, -0.2) is 37.0 Å². The average Bonchev–Trinajstić information content (AvgIpc) is 3.34. The normalized spacial score (nSPS) is 19.6. The Hall–Kier alpha value is -3.40. The van der Waals surface area contributed by atoms with Crippen molar-refractivity contribution in [3.05, 3.63) is 74.8 Å². The monoisotopic (exact) mass is 398 g/mol. The van der Waals surface area contributed by atoms with Crippen molar-refractivity contribution in [3.63, 3.8) is 0 Å². The summed E-state index contributed by atoms with van der Waals surface area (Å²) >= 11 is 1.37. The minimum Gasteiger partial charge on any atom is -0.456 e. The molecule has 1 aromatic carbocycles. The van der Waals surface area contributed by atoms with E-state index in [-0.39, 0.29) is 29.3 Å². The summed E-state index contributed by atoms with van der Waals surface area (Å²) in [6.45, 7) is 1.80. The number of rotatable bonds is 5. The number of nitrogens with one attached hydrogen (secondary N) is 1. The molecule has 0 saturated carbocycles. The number of ether oxygens (including phenoxy) is 1. The van der Waals surface area contributed by atoms with Crippen molar-refractivity contribution in [2.75, 3.05) is 0 Å². The molecule has 2 aromatic rings. The lowest BCUT2D eigenvalue weighted by Crippen LogP contribution is -2.51. The molecule has 0 bridgehead atoms. The van der Waals surface area contributed by atoms with Crippen LogP contribution >= 0.6 is 11.8 Å². The number of allylic oxidation sites excluding steroid dienone is 1. The highest BCUT2D eigenvalue weighted by molar-refractivity contribution is 8.03. The number of aromatic nitrogens is 2. The third-order valence-electron chi connectivity index (χ3n) is 4.53. The lowest BCUT2D eigenvalue weighted by Gasteiger charge is -2.38. The quantitative estimate of drug-likeness (QED) is 0.270. The number of benzene rings is 1. The third-order valence-corrected chi connectivity index (χ3v) is 5.59. The Morgan fingerprint density at radius 1 is 1.39 bits per heavy atom. The van der Waals surface area contributed by atoms with Crippen LogP contribution in [0, 0.1) is 10.1 Å². The number of imidazole rings is 1. The van der Waals surface area contributed by atoms with Crippen LogP contribution < -0.4 is 0 Å². The van der Waals surface area contributed by atoms with Gasteiger partial charge in [-0.15, -0.1) is 11.8 Å². The second-order valence-electron chi connectivity index (χ2n) is 6.17. The van der Waals surface area contributed by atoms with Crippen LogP contribution in [0.4, 0.5) is 5.69 Å². The zero-order valence-electron chi connectivity index (χ0n) is 14.6. The number of aromatic amines is 1. The van der Waals surface area contributed by atoms with Crippen LogP contribution in [0.5, 0.6) is 0 Å². The molecule has 2 aliphatic rings. The highest BCUT2D eigenvalue weighted by Crippen LogP contribution is 2.47. The van der Waals surface area contributed by atoms with Gasteiger partial charge >= 0.3 is 5.97 Å². The van der Waals surface area contributed by atoms with Crippen molar-refractivity contribution in [2.24, 2.45) is 0 Å². The van der Waals surface area contributed by atoms with E-state index in [0.717, 1.165) is 11.3 Å². The van der Waals surface area contributed by atoms with E-state index in [9.17, 15) is 19.7 Å². The standard InChI is InChI=1S/C18H14N4O5S/c1-10(13-6-19-9-20-13)15-16(23)21-14(8-28-17(15)21)18(24)27-7-11-2-4-12(5-3-11)22(25)26/h2-6,8-9,17H,7H2,1H3,(H,19,20)/t17-/m0/s1. The summed E-state index contributed by atoms with van der Waals surface area (Å²) in [5, 5.41) is 12.0. The number of carbonyl (C=O) groups is 2. The zero-order chi connectivity index (χ0) is 19.8. The van der Waals surface area contributed by atoms with E-state index in [1.807, 2.05) is 6.92 Å². The number of hydrogen-bond donors (Lipinski definition) is 1. The number of esters is 1. The van der Waals surface area contributed by atoms with Crippen LogP contribution in [-0.2, 0) is 20.9 Å². The number of carbonyl (C=O) groups excluding carboxylic acids is 2. The SMILES string of the molecule is CC(=C1C(=O)N2C(C(=O)OCc3ccc([N+](=O)[O-])cc3)=CS[C@@H]12)c1cnc[nH]1. The molecule has 2 aliphatic heterocycles. The van der Waals surface area contributed by atoms with Crippen molar-refractivity contribution < 1.29 is 19.2 Å². The summed E-state index contributed by atoms with van der Waals surface area (Å²) in [7, 11) is 0. The van der Waals surface area contributed by atoms with Gasteiger partial charge in [0.2, 0.25) is 0 Å². The van der Waals surface area contributed by atoms with E-state index in [1.165, 1.54) is 40.9 Å². The molecule has 28 heavy (non-hydrogen) atoms. The smallest absolute Gasteiger partial charge is 0.355 e. The molecular weight excluding hydrogens is 384 g/mol. The number of nitro groups is 1. The molecule has 1 amide bonds. The Bertz CT molecular complexity index is 1030. The fourth-order valence-electron chi connectivity index (χ4n) is 2.99. The molecule has 0 aliphatic carbocycles. The summed E-state index contributed by atoms with van der Waals surface area (Å²) in [6.07, 6.45) is 3.19. The first-order chi connectivity index (χ1) is 13.5. The van der Waals surface area contributed by atoms with E-state index < -0.39 is 10.9 Å². The molecule has 0 spiro atoms. The number of thioether (sulfide) groups is 1. The summed E-state index contributed by atoms with van der Waals surface area (Å²) in [5.74, 6) is -0.847. The van der Waals surface area contributed by atoms with Gasteiger partial charge in [-0.25, -0.2) is 9.78 Å². The fourth-order valence-corrected chi connectivity index (χ4v) is 4.20. The minimum absolute atomic E-state index is 0.0362. The molecule has 4 rings (SSSR count). The van der Waals surface area contributed by atoms with Gasteiger partial charge in [0.1, 0.15) is 17.7 Å². The van der Waals surface area contributed by atoms with Crippen molar-refractivity contribution in [2.45, 2.75) is 18.9 Å². The van der Waals surface area contributed by atoms with Gasteiger partial charge in [-0.1, -0.05) is 0 Å². The maximum absolute atomic E-state index is 12.6. The Balaban J connectivity index is 1.41. The highest BCUT2D eigenvalue weighted by Gasteiger charge is 2.51. The summed E-state index contributed by atoms with van der Waals surface area (Å²) < 4.78 is 5.26. The fraction of sp³-hybridized carbons (Fsp3) is 0.167. The van der Waals surface area contributed by atoms with Crippen molar-refractivity contribution in [3.8, 4) is 0 Å². The van der Waals surface area contributed by atoms with Gasteiger partial charge < -0.3 is 9.72 Å². The number of H-pyrrole nitrogens is 1. The van der Waals surface area contributed by atoms with E-state index in [2.05, 4.69) is 9.97 Å². The van der Waals surface area contributed by atoms with Gasteiger partial charge in [0.05, 0.1) is 28.7 Å². The van der Waals surface area contributed by atoms with Crippen LogP contribution in [0.3, 0.4) is 0 Å². The van der Waals surface area contributed by atoms with E-state index >= 15 is 0 Å².